The van der Waals surface area contributed by atoms with Crippen LogP contribution in [0.2, 0.25) is 5.02 Å². The van der Waals surface area contributed by atoms with Crippen LogP contribution in [0.25, 0.3) is 0 Å². The number of benzene rings is 1. The molecule has 3 heterocycles. The van der Waals surface area contributed by atoms with E-state index in [1.165, 1.54) is 24.0 Å². The normalized spacial score (nSPS) is 19.9. The second-order valence-electron chi connectivity index (χ2n) is 8.56. The molecule has 2 saturated heterocycles. The third-order valence-corrected chi connectivity index (χ3v) is 6.37. The summed E-state index contributed by atoms with van der Waals surface area (Å²) in [5.74, 6) is 1.31. The number of hydrogen-bond acceptors (Lipinski definition) is 5. The summed E-state index contributed by atoms with van der Waals surface area (Å²) in [6.45, 7) is 8.61. The minimum atomic E-state index is -0.0506. The van der Waals surface area contributed by atoms with Crippen LogP contribution in [0.15, 0.2) is 36.5 Å². The number of likely N-dealkylation sites (tertiary alicyclic amines) is 1. The topological polar surface area (TPSA) is 57.7 Å². The molecule has 7 heteroatoms. The maximum Gasteiger partial charge on any atom is 0.255 e. The summed E-state index contributed by atoms with van der Waals surface area (Å²) >= 11 is 6.46. The Morgan fingerprint density at radius 3 is 2.74 bits per heavy atom. The maximum atomic E-state index is 12.6. The van der Waals surface area contributed by atoms with E-state index in [1.54, 1.807) is 17.2 Å². The Morgan fingerprint density at radius 1 is 1.23 bits per heavy atom. The standard InChI is InChI=1S/C24H31ClN4O2/c1-18-5-4-8-28(16-18)17-20-7-3-2-6-19(20)14-26-23-22(25)13-21(15-27-23)24(30)29-9-11-31-12-10-29/h2-3,6-7,13,15,18H,4-5,8-12,14,16-17H2,1H3,(H,26,27). The highest BCUT2D eigenvalue weighted by Crippen LogP contribution is 2.24. The van der Waals surface area contributed by atoms with Crippen molar-refractivity contribution in [2.75, 3.05) is 44.7 Å². The number of anilines is 1. The number of carbonyl (C=O) groups is 1. The predicted octanol–water partition coefficient (Wildman–Crippen LogP) is 4.05. The molecule has 0 radical (unpaired) electrons. The second kappa shape index (κ2) is 10.4. The highest BCUT2D eigenvalue weighted by molar-refractivity contribution is 6.33. The molecule has 166 valence electrons. The first-order valence-electron chi connectivity index (χ1n) is 11.2. The molecule has 4 rings (SSSR count). The maximum absolute atomic E-state index is 12.6. The second-order valence-corrected chi connectivity index (χ2v) is 8.97. The molecule has 1 atom stereocenters. The number of piperidine rings is 1. The summed E-state index contributed by atoms with van der Waals surface area (Å²) < 4.78 is 5.32. The molecule has 1 unspecified atom stereocenters. The van der Waals surface area contributed by atoms with Gasteiger partial charge in [-0.1, -0.05) is 42.8 Å². The lowest BCUT2D eigenvalue weighted by atomic mass is 9.99. The van der Waals surface area contributed by atoms with E-state index in [0.717, 1.165) is 25.6 Å². The summed E-state index contributed by atoms with van der Waals surface area (Å²) in [5, 5.41) is 3.81. The van der Waals surface area contributed by atoms with Gasteiger partial charge in [0.25, 0.3) is 5.91 Å². The number of nitrogens with zero attached hydrogens (tertiary/aromatic N) is 3. The van der Waals surface area contributed by atoms with Crippen LogP contribution in [0.5, 0.6) is 0 Å². The summed E-state index contributed by atoms with van der Waals surface area (Å²) in [6.07, 6.45) is 4.21. The minimum absolute atomic E-state index is 0.0506. The first kappa shape index (κ1) is 22.1. The summed E-state index contributed by atoms with van der Waals surface area (Å²) in [7, 11) is 0. The number of hydrogen-bond donors (Lipinski definition) is 1. The van der Waals surface area contributed by atoms with Crippen molar-refractivity contribution in [3.63, 3.8) is 0 Å². The van der Waals surface area contributed by atoms with Gasteiger partial charge in [0.05, 0.1) is 23.8 Å². The van der Waals surface area contributed by atoms with E-state index in [0.29, 0.717) is 49.3 Å². The van der Waals surface area contributed by atoms with Crippen molar-refractivity contribution in [2.45, 2.75) is 32.9 Å². The van der Waals surface area contributed by atoms with Gasteiger partial charge in [-0.25, -0.2) is 4.98 Å². The smallest absolute Gasteiger partial charge is 0.255 e. The largest absolute Gasteiger partial charge is 0.378 e. The molecule has 2 aliphatic heterocycles. The average molecular weight is 443 g/mol. The van der Waals surface area contributed by atoms with Crippen LogP contribution >= 0.6 is 11.6 Å². The molecule has 1 amide bonds. The molecule has 2 aliphatic rings. The number of halogens is 1. The van der Waals surface area contributed by atoms with E-state index < -0.39 is 0 Å². The van der Waals surface area contributed by atoms with E-state index >= 15 is 0 Å². The van der Waals surface area contributed by atoms with Crippen molar-refractivity contribution in [3.8, 4) is 0 Å². The zero-order valence-electron chi connectivity index (χ0n) is 18.1. The van der Waals surface area contributed by atoms with Gasteiger partial charge < -0.3 is 15.0 Å². The quantitative estimate of drug-likeness (QED) is 0.731. The molecule has 1 aromatic carbocycles. The van der Waals surface area contributed by atoms with Gasteiger partial charge in [-0.05, 0) is 42.5 Å². The van der Waals surface area contributed by atoms with Crippen LogP contribution in [0.1, 0.15) is 41.3 Å². The highest BCUT2D eigenvalue weighted by atomic mass is 35.5. The summed E-state index contributed by atoms with van der Waals surface area (Å²) in [5.41, 5.74) is 3.09. The zero-order valence-corrected chi connectivity index (χ0v) is 18.9. The lowest BCUT2D eigenvalue weighted by Gasteiger charge is -2.31. The molecule has 0 bridgehead atoms. The number of pyridine rings is 1. The Bertz CT molecular complexity index is 901. The zero-order chi connectivity index (χ0) is 21.6. The van der Waals surface area contributed by atoms with Crippen molar-refractivity contribution in [3.05, 3.63) is 58.2 Å². The Hall–Kier alpha value is -2.15. The summed E-state index contributed by atoms with van der Waals surface area (Å²) in [4.78, 5) is 21.4. The van der Waals surface area contributed by atoms with Gasteiger partial charge in [0.15, 0.2) is 0 Å². The lowest BCUT2D eigenvalue weighted by Crippen LogP contribution is -2.40. The Balaban J connectivity index is 1.39. The third kappa shape index (κ3) is 5.76. The van der Waals surface area contributed by atoms with Crippen LogP contribution in [-0.2, 0) is 17.8 Å². The number of amides is 1. The van der Waals surface area contributed by atoms with Crippen molar-refractivity contribution < 1.29 is 9.53 Å². The van der Waals surface area contributed by atoms with Crippen LogP contribution in [0.4, 0.5) is 5.82 Å². The molecule has 31 heavy (non-hydrogen) atoms. The van der Waals surface area contributed by atoms with E-state index in [2.05, 4.69) is 46.4 Å². The Kier molecular flexibility index (Phi) is 7.43. The Labute approximate surface area is 189 Å². The van der Waals surface area contributed by atoms with Crippen LogP contribution in [0.3, 0.4) is 0 Å². The van der Waals surface area contributed by atoms with Gasteiger partial charge in [-0.15, -0.1) is 0 Å². The number of nitrogens with one attached hydrogen (secondary N) is 1. The molecule has 6 nitrogen and oxygen atoms in total. The molecule has 1 aromatic heterocycles. The number of aromatic nitrogens is 1. The van der Waals surface area contributed by atoms with E-state index in [4.69, 9.17) is 16.3 Å². The molecule has 0 aliphatic carbocycles. The van der Waals surface area contributed by atoms with Crippen LogP contribution in [-0.4, -0.2) is 60.1 Å². The molecular formula is C24H31ClN4O2. The molecule has 2 aromatic rings. The van der Waals surface area contributed by atoms with Crippen molar-refractivity contribution in [1.82, 2.24) is 14.8 Å². The van der Waals surface area contributed by atoms with Gasteiger partial charge in [0, 0.05) is 38.9 Å². The van der Waals surface area contributed by atoms with Crippen molar-refractivity contribution in [2.24, 2.45) is 5.92 Å². The number of ether oxygens (including phenoxy) is 1. The highest BCUT2D eigenvalue weighted by Gasteiger charge is 2.20. The van der Waals surface area contributed by atoms with E-state index in [9.17, 15) is 4.79 Å². The fourth-order valence-corrected chi connectivity index (χ4v) is 4.60. The van der Waals surface area contributed by atoms with Crippen molar-refractivity contribution in [1.29, 1.82) is 0 Å². The molecule has 0 spiro atoms. The lowest BCUT2D eigenvalue weighted by molar-refractivity contribution is 0.0302. The Morgan fingerprint density at radius 2 is 2.00 bits per heavy atom. The van der Waals surface area contributed by atoms with Gasteiger partial charge in [-0.2, -0.15) is 0 Å². The fourth-order valence-electron chi connectivity index (χ4n) is 4.37. The predicted molar refractivity (Wildman–Crippen MR) is 123 cm³/mol. The molecular weight excluding hydrogens is 412 g/mol. The number of rotatable bonds is 6. The van der Waals surface area contributed by atoms with Gasteiger partial charge >= 0.3 is 0 Å². The van der Waals surface area contributed by atoms with Crippen molar-refractivity contribution >= 4 is 23.3 Å². The first-order chi connectivity index (χ1) is 15.1. The molecule has 2 fully saturated rings. The molecule has 0 saturated carbocycles. The average Bonchev–Trinajstić information content (AvgIpc) is 2.79. The number of carbonyl (C=O) groups excluding carboxylic acids is 1. The SMILES string of the molecule is CC1CCCN(Cc2ccccc2CNc2ncc(C(=O)N3CCOCC3)cc2Cl)C1. The minimum Gasteiger partial charge on any atom is -0.378 e. The molecule has 1 N–H and O–H groups in total. The van der Waals surface area contributed by atoms with Gasteiger partial charge in [0.1, 0.15) is 5.82 Å². The van der Waals surface area contributed by atoms with E-state index in [-0.39, 0.29) is 5.91 Å². The van der Waals surface area contributed by atoms with Crippen LogP contribution in [0, 0.1) is 5.92 Å². The third-order valence-electron chi connectivity index (χ3n) is 6.09. The van der Waals surface area contributed by atoms with Gasteiger partial charge in [0.2, 0.25) is 0 Å². The summed E-state index contributed by atoms with van der Waals surface area (Å²) in [6, 6.07) is 10.2. The van der Waals surface area contributed by atoms with Crippen LogP contribution < -0.4 is 5.32 Å². The first-order valence-corrected chi connectivity index (χ1v) is 11.5. The van der Waals surface area contributed by atoms with Gasteiger partial charge in [-0.3, -0.25) is 9.69 Å². The monoisotopic (exact) mass is 442 g/mol. The van der Waals surface area contributed by atoms with E-state index in [1.807, 2.05) is 0 Å². The number of morpholine rings is 1. The fraction of sp³-hybridized carbons (Fsp3) is 0.500.